The molecule has 0 radical (unpaired) electrons. The molecule has 0 amide bonds. The van der Waals surface area contributed by atoms with Crippen molar-refractivity contribution in [1.82, 2.24) is 0 Å². The van der Waals surface area contributed by atoms with E-state index < -0.39 is 20.0 Å². The Morgan fingerprint density at radius 3 is 1.85 bits per heavy atom. The molecule has 0 aliphatic rings. The summed E-state index contributed by atoms with van der Waals surface area (Å²) in [5, 5.41) is 1.11. The van der Waals surface area contributed by atoms with Crippen LogP contribution in [0.1, 0.15) is 12.5 Å². The first-order valence-corrected chi connectivity index (χ1v) is 8.99. The molecular formula is C12H19NO5S2. The van der Waals surface area contributed by atoms with Crippen LogP contribution in [-0.2, 0) is 20.0 Å². The van der Waals surface area contributed by atoms with Gasteiger partial charge in [0.25, 0.3) is 10.1 Å². The minimum atomic E-state index is -4.02. The largest absolute Gasteiger partial charge is 0.325 e. The molecule has 1 unspecified atom stereocenters. The van der Waals surface area contributed by atoms with Crippen molar-refractivity contribution < 1.29 is 21.4 Å². The van der Waals surface area contributed by atoms with Crippen LogP contribution in [-0.4, -0.2) is 33.7 Å². The fourth-order valence-electron chi connectivity index (χ4n) is 0.977. The van der Waals surface area contributed by atoms with Crippen molar-refractivity contribution in [3.05, 3.63) is 41.3 Å². The molecule has 0 spiro atoms. The van der Waals surface area contributed by atoms with Gasteiger partial charge in [-0.25, -0.2) is 8.42 Å². The molecule has 1 rings (SSSR count). The quantitative estimate of drug-likeness (QED) is 0.807. The van der Waals surface area contributed by atoms with Crippen LogP contribution in [0, 0.1) is 6.92 Å². The lowest BCUT2D eigenvalue weighted by Gasteiger charge is -1.95. The van der Waals surface area contributed by atoms with Gasteiger partial charge in [-0.3, -0.25) is 4.55 Å². The molecule has 1 aromatic rings. The van der Waals surface area contributed by atoms with E-state index in [1.165, 1.54) is 18.2 Å². The number of benzene rings is 1. The van der Waals surface area contributed by atoms with E-state index >= 15 is 0 Å². The SMILES string of the molecule is CC(N)/C=C\S(C)(=O)=O.Cc1ccc(S(=O)(=O)O)cc1. The van der Waals surface area contributed by atoms with Gasteiger partial charge in [-0.15, -0.1) is 0 Å². The summed E-state index contributed by atoms with van der Waals surface area (Å²) in [6.07, 6.45) is 2.57. The summed E-state index contributed by atoms with van der Waals surface area (Å²) < 4.78 is 50.3. The number of rotatable bonds is 3. The molecule has 8 heteroatoms. The van der Waals surface area contributed by atoms with Gasteiger partial charge >= 0.3 is 0 Å². The molecule has 0 aliphatic heterocycles. The molecule has 1 aromatic carbocycles. The summed E-state index contributed by atoms with van der Waals surface area (Å²) in [4.78, 5) is -0.0666. The molecule has 6 nitrogen and oxygen atoms in total. The van der Waals surface area contributed by atoms with Crippen molar-refractivity contribution in [2.24, 2.45) is 5.73 Å². The van der Waals surface area contributed by atoms with Crippen LogP contribution >= 0.6 is 0 Å². The summed E-state index contributed by atoms with van der Waals surface area (Å²) in [5.74, 6) is 0. The second kappa shape index (κ2) is 7.53. The molecule has 114 valence electrons. The number of hydrogen-bond donors (Lipinski definition) is 2. The highest BCUT2D eigenvalue weighted by Gasteiger charge is 2.06. The zero-order valence-electron chi connectivity index (χ0n) is 11.5. The van der Waals surface area contributed by atoms with E-state index in [0.717, 1.165) is 17.2 Å². The molecule has 0 saturated heterocycles. The standard InChI is InChI=1S/C7H8O3S.C5H11NO2S/c1-6-2-4-7(5-3-6)11(8,9)10;1-5(6)3-4-9(2,7)8/h2-5H,1H3,(H,8,9,10);3-5H,6H2,1-2H3/b;4-3-. The Hall–Kier alpha value is -1.22. The van der Waals surface area contributed by atoms with E-state index in [1.807, 2.05) is 6.92 Å². The first-order valence-electron chi connectivity index (χ1n) is 5.60. The molecule has 0 saturated carbocycles. The van der Waals surface area contributed by atoms with Gasteiger partial charge in [-0.1, -0.05) is 23.8 Å². The van der Waals surface area contributed by atoms with Crippen molar-refractivity contribution in [2.45, 2.75) is 24.8 Å². The average molecular weight is 321 g/mol. The van der Waals surface area contributed by atoms with Crippen LogP contribution in [0.5, 0.6) is 0 Å². The topological polar surface area (TPSA) is 115 Å². The maximum atomic E-state index is 10.5. The third-order valence-corrected chi connectivity index (χ3v) is 3.47. The fourth-order valence-corrected chi connectivity index (χ4v) is 1.99. The van der Waals surface area contributed by atoms with Crippen molar-refractivity contribution in [1.29, 1.82) is 0 Å². The number of hydrogen-bond acceptors (Lipinski definition) is 5. The van der Waals surface area contributed by atoms with Gasteiger partial charge in [0, 0.05) is 17.7 Å². The van der Waals surface area contributed by atoms with E-state index in [0.29, 0.717) is 0 Å². The van der Waals surface area contributed by atoms with E-state index in [2.05, 4.69) is 0 Å². The Kier molecular flexibility index (Phi) is 7.07. The molecule has 0 bridgehead atoms. The van der Waals surface area contributed by atoms with Gasteiger partial charge in [0.05, 0.1) is 4.90 Å². The minimum Gasteiger partial charge on any atom is -0.325 e. The van der Waals surface area contributed by atoms with Gasteiger partial charge in [0.1, 0.15) is 0 Å². The van der Waals surface area contributed by atoms with Gasteiger partial charge in [-0.05, 0) is 26.0 Å². The average Bonchev–Trinajstić information content (AvgIpc) is 2.26. The molecule has 0 aromatic heterocycles. The second-order valence-electron chi connectivity index (χ2n) is 4.31. The molecule has 20 heavy (non-hydrogen) atoms. The van der Waals surface area contributed by atoms with E-state index in [-0.39, 0.29) is 10.9 Å². The highest BCUT2D eigenvalue weighted by Crippen LogP contribution is 2.08. The first-order chi connectivity index (χ1) is 8.92. The highest BCUT2D eigenvalue weighted by molar-refractivity contribution is 7.93. The van der Waals surface area contributed by atoms with Gasteiger partial charge < -0.3 is 5.73 Å². The van der Waals surface area contributed by atoms with Crippen LogP contribution in [0.4, 0.5) is 0 Å². The normalized spacial score (nSPS) is 13.7. The van der Waals surface area contributed by atoms with E-state index in [1.54, 1.807) is 19.1 Å². The third kappa shape index (κ3) is 9.68. The van der Waals surface area contributed by atoms with Crippen LogP contribution < -0.4 is 5.73 Å². The predicted octanol–water partition coefficient (Wildman–Crippen LogP) is 1.13. The Morgan fingerprint density at radius 2 is 1.60 bits per heavy atom. The highest BCUT2D eigenvalue weighted by atomic mass is 32.2. The smallest absolute Gasteiger partial charge is 0.294 e. The van der Waals surface area contributed by atoms with E-state index in [9.17, 15) is 16.8 Å². The third-order valence-electron chi connectivity index (χ3n) is 1.95. The Balaban J connectivity index is 0.000000370. The predicted molar refractivity (Wildman–Crippen MR) is 78.6 cm³/mol. The van der Waals surface area contributed by atoms with Crippen molar-refractivity contribution in [2.75, 3.05) is 6.26 Å². The zero-order chi connectivity index (χ0) is 16.0. The van der Waals surface area contributed by atoms with Crippen LogP contribution in [0.3, 0.4) is 0 Å². The van der Waals surface area contributed by atoms with Crippen LogP contribution in [0.25, 0.3) is 0 Å². The maximum Gasteiger partial charge on any atom is 0.294 e. The Morgan fingerprint density at radius 1 is 1.15 bits per heavy atom. The Bertz CT molecular complexity index is 644. The minimum absolute atomic E-state index is 0.0666. The number of sulfone groups is 1. The summed E-state index contributed by atoms with van der Waals surface area (Å²) in [6, 6.07) is 5.79. The molecule has 0 heterocycles. The van der Waals surface area contributed by atoms with Gasteiger partial charge in [-0.2, -0.15) is 8.42 Å². The van der Waals surface area contributed by atoms with Gasteiger partial charge in [0.15, 0.2) is 9.84 Å². The number of nitrogens with two attached hydrogens (primary N) is 1. The van der Waals surface area contributed by atoms with Crippen molar-refractivity contribution in [3.8, 4) is 0 Å². The monoisotopic (exact) mass is 321 g/mol. The van der Waals surface area contributed by atoms with Crippen molar-refractivity contribution in [3.63, 3.8) is 0 Å². The van der Waals surface area contributed by atoms with Crippen LogP contribution in [0.15, 0.2) is 40.6 Å². The molecule has 1 atom stereocenters. The molecule has 0 fully saturated rings. The summed E-state index contributed by atoms with van der Waals surface area (Å²) in [5.41, 5.74) is 6.20. The van der Waals surface area contributed by atoms with Gasteiger partial charge in [0.2, 0.25) is 0 Å². The summed E-state index contributed by atoms with van der Waals surface area (Å²) >= 11 is 0. The lowest BCUT2D eigenvalue weighted by atomic mass is 10.2. The molecule has 0 aliphatic carbocycles. The molecule has 3 N–H and O–H groups in total. The lowest BCUT2D eigenvalue weighted by molar-refractivity contribution is 0.483. The maximum absolute atomic E-state index is 10.5. The van der Waals surface area contributed by atoms with Crippen LogP contribution in [0.2, 0.25) is 0 Å². The summed E-state index contributed by atoms with van der Waals surface area (Å²) in [6.45, 7) is 3.55. The fraction of sp³-hybridized carbons (Fsp3) is 0.333. The molecular weight excluding hydrogens is 302 g/mol. The number of aryl methyl sites for hydroxylation is 1. The lowest BCUT2D eigenvalue weighted by Crippen LogP contribution is -2.10. The Labute approximate surface area is 120 Å². The second-order valence-corrected chi connectivity index (χ2v) is 7.66. The van der Waals surface area contributed by atoms with E-state index in [4.69, 9.17) is 10.3 Å². The zero-order valence-corrected chi connectivity index (χ0v) is 13.1. The summed E-state index contributed by atoms with van der Waals surface area (Å²) in [7, 11) is -7.00. The first kappa shape index (κ1) is 18.8. The van der Waals surface area contributed by atoms with Crippen molar-refractivity contribution >= 4 is 20.0 Å².